The first-order valence-electron chi connectivity index (χ1n) is 7.29. The lowest BCUT2D eigenvalue weighted by atomic mass is 9.87. The first-order chi connectivity index (χ1) is 9.30. The molecule has 2 aliphatic rings. The molecule has 3 heteroatoms. The summed E-state index contributed by atoms with van der Waals surface area (Å²) >= 11 is 0. The van der Waals surface area contributed by atoms with Crippen LogP contribution in [0.4, 0.5) is 0 Å². The molecule has 0 spiro atoms. The number of benzene rings is 1. The summed E-state index contributed by atoms with van der Waals surface area (Å²) in [5.41, 5.74) is 1.29. The van der Waals surface area contributed by atoms with Gasteiger partial charge in [0.05, 0.1) is 14.2 Å². The molecular formula is C16H23NO2. The van der Waals surface area contributed by atoms with Crippen molar-refractivity contribution in [2.75, 3.05) is 14.2 Å². The summed E-state index contributed by atoms with van der Waals surface area (Å²) in [4.78, 5) is 0. The van der Waals surface area contributed by atoms with E-state index in [4.69, 9.17) is 9.47 Å². The Morgan fingerprint density at radius 2 is 1.68 bits per heavy atom. The van der Waals surface area contributed by atoms with Crippen LogP contribution < -0.4 is 14.8 Å². The van der Waals surface area contributed by atoms with E-state index in [1.165, 1.54) is 37.7 Å². The largest absolute Gasteiger partial charge is 0.497 e. The molecule has 1 N–H and O–H groups in total. The van der Waals surface area contributed by atoms with Gasteiger partial charge in [-0.05, 0) is 49.3 Å². The molecule has 0 aromatic heterocycles. The van der Waals surface area contributed by atoms with Gasteiger partial charge in [-0.25, -0.2) is 0 Å². The average Bonchev–Trinajstić information content (AvgIpc) is 2.94. The lowest BCUT2D eigenvalue weighted by Crippen LogP contribution is -2.40. The van der Waals surface area contributed by atoms with Gasteiger partial charge in [0.25, 0.3) is 0 Å². The van der Waals surface area contributed by atoms with Crippen molar-refractivity contribution >= 4 is 0 Å². The van der Waals surface area contributed by atoms with Gasteiger partial charge in [0, 0.05) is 18.2 Å². The van der Waals surface area contributed by atoms with Crippen LogP contribution in [0.5, 0.6) is 11.5 Å². The zero-order valence-corrected chi connectivity index (χ0v) is 11.8. The van der Waals surface area contributed by atoms with Gasteiger partial charge >= 0.3 is 0 Å². The Labute approximate surface area is 115 Å². The van der Waals surface area contributed by atoms with E-state index in [0.717, 1.165) is 23.5 Å². The van der Waals surface area contributed by atoms with Crippen LogP contribution >= 0.6 is 0 Å². The van der Waals surface area contributed by atoms with E-state index in [1.54, 1.807) is 14.2 Å². The number of nitrogens with one attached hydrogen (secondary N) is 1. The van der Waals surface area contributed by atoms with E-state index >= 15 is 0 Å². The highest BCUT2D eigenvalue weighted by Gasteiger charge is 2.33. The number of fused-ring (bicyclic) bond motifs is 1. The van der Waals surface area contributed by atoms with Crippen LogP contribution in [-0.4, -0.2) is 20.3 Å². The standard InChI is InChI=1S/C16H23NO2/c1-18-13-8-12(9-14(10-13)19-2)16-7-6-11-4-3-5-15(11)17-16/h8-11,15-17H,3-7H2,1-2H3. The Kier molecular flexibility index (Phi) is 3.65. The molecule has 1 saturated carbocycles. The van der Waals surface area contributed by atoms with Crippen molar-refractivity contribution < 1.29 is 9.47 Å². The molecule has 3 rings (SSSR count). The van der Waals surface area contributed by atoms with Crippen molar-refractivity contribution in [1.29, 1.82) is 0 Å². The highest BCUT2D eigenvalue weighted by atomic mass is 16.5. The molecule has 3 nitrogen and oxygen atoms in total. The Morgan fingerprint density at radius 3 is 2.37 bits per heavy atom. The Balaban J connectivity index is 1.81. The first-order valence-corrected chi connectivity index (χ1v) is 7.29. The van der Waals surface area contributed by atoms with Gasteiger partial charge in [-0.15, -0.1) is 0 Å². The zero-order valence-electron chi connectivity index (χ0n) is 11.8. The molecule has 3 atom stereocenters. The topological polar surface area (TPSA) is 30.5 Å². The van der Waals surface area contributed by atoms with Crippen LogP contribution in [0.25, 0.3) is 0 Å². The quantitative estimate of drug-likeness (QED) is 0.905. The summed E-state index contributed by atoms with van der Waals surface area (Å²) < 4.78 is 10.7. The van der Waals surface area contributed by atoms with E-state index in [1.807, 2.05) is 6.07 Å². The molecule has 1 heterocycles. The van der Waals surface area contributed by atoms with Crippen LogP contribution in [0.2, 0.25) is 0 Å². The molecule has 3 unspecified atom stereocenters. The fraction of sp³-hybridized carbons (Fsp3) is 0.625. The molecule has 1 aromatic rings. The minimum atomic E-state index is 0.448. The van der Waals surface area contributed by atoms with Crippen LogP contribution in [-0.2, 0) is 0 Å². The smallest absolute Gasteiger partial charge is 0.122 e. The highest BCUT2D eigenvalue weighted by molar-refractivity contribution is 5.40. The molecule has 19 heavy (non-hydrogen) atoms. The third-order valence-corrected chi connectivity index (χ3v) is 4.68. The second kappa shape index (κ2) is 5.41. The molecule has 104 valence electrons. The summed E-state index contributed by atoms with van der Waals surface area (Å²) in [5, 5.41) is 3.82. The van der Waals surface area contributed by atoms with Crippen LogP contribution in [0.15, 0.2) is 18.2 Å². The van der Waals surface area contributed by atoms with Gasteiger partial charge in [-0.1, -0.05) is 6.42 Å². The average molecular weight is 261 g/mol. The molecule has 1 aromatic carbocycles. The number of methoxy groups -OCH3 is 2. The fourth-order valence-electron chi connectivity index (χ4n) is 3.62. The Morgan fingerprint density at radius 1 is 0.947 bits per heavy atom. The normalized spacial score (nSPS) is 29.9. The van der Waals surface area contributed by atoms with E-state index < -0.39 is 0 Å². The van der Waals surface area contributed by atoms with Gasteiger partial charge in [0.15, 0.2) is 0 Å². The first kappa shape index (κ1) is 12.8. The minimum Gasteiger partial charge on any atom is -0.497 e. The van der Waals surface area contributed by atoms with E-state index in [-0.39, 0.29) is 0 Å². The lowest BCUT2D eigenvalue weighted by molar-refractivity contribution is 0.260. The Hall–Kier alpha value is -1.22. The highest BCUT2D eigenvalue weighted by Crippen LogP contribution is 2.39. The summed E-state index contributed by atoms with van der Waals surface area (Å²) in [6, 6.07) is 7.37. The zero-order chi connectivity index (χ0) is 13.2. The van der Waals surface area contributed by atoms with Crippen molar-refractivity contribution in [3.05, 3.63) is 23.8 Å². The molecule has 0 amide bonds. The van der Waals surface area contributed by atoms with Crippen molar-refractivity contribution in [2.24, 2.45) is 5.92 Å². The van der Waals surface area contributed by atoms with Crippen molar-refractivity contribution in [1.82, 2.24) is 5.32 Å². The van der Waals surface area contributed by atoms with Gasteiger partial charge in [-0.2, -0.15) is 0 Å². The molecule has 0 radical (unpaired) electrons. The number of rotatable bonds is 3. The van der Waals surface area contributed by atoms with Crippen molar-refractivity contribution in [2.45, 2.75) is 44.2 Å². The number of hydrogen-bond acceptors (Lipinski definition) is 3. The maximum Gasteiger partial charge on any atom is 0.122 e. The molecule has 1 saturated heterocycles. The summed E-state index contributed by atoms with van der Waals surface area (Å²) in [6.07, 6.45) is 6.70. The SMILES string of the molecule is COc1cc(OC)cc(C2CCC3CCCC3N2)c1. The summed E-state index contributed by atoms with van der Waals surface area (Å²) in [5.74, 6) is 2.66. The van der Waals surface area contributed by atoms with Gasteiger partial charge in [-0.3, -0.25) is 0 Å². The monoisotopic (exact) mass is 261 g/mol. The lowest BCUT2D eigenvalue weighted by Gasteiger charge is -2.34. The number of piperidine rings is 1. The molecular weight excluding hydrogens is 238 g/mol. The predicted octanol–water partition coefficient (Wildman–Crippen LogP) is 3.30. The van der Waals surface area contributed by atoms with E-state index in [0.29, 0.717) is 6.04 Å². The fourth-order valence-corrected chi connectivity index (χ4v) is 3.62. The van der Waals surface area contributed by atoms with Crippen molar-refractivity contribution in [3.63, 3.8) is 0 Å². The van der Waals surface area contributed by atoms with Gasteiger partial charge in [0.1, 0.15) is 11.5 Å². The third kappa shape index (κ3) is 2.57. The molecule has 1 aliphatic carbocycles. The van der Waals surface area contributed by atoms with Crippen LogP contribution in [0.1, 0.15) is 43.7 Å². The number of ether oxygens (including phenoxy) is 2. The Bertz CT molecular complexity index is 424. The second-order valence-corrected chi connectivity index (χ2v) is 5.74. The van der Waals surface area contributed by atoms with Crippen LogP contribution in [0.3, 0.4) is 0 Å². The summed E-state index contributed by atoms with van der Waals surface area (Å²) in [7, 11) is 3.42. The van der Waals surface area contributed by atoms with Crippen LogP contribution in [0, 0.1) is 5.92 Å². The van der Waals surface area contributed by atoms with Gasteiger partial charge < -0.3 is 14.8 Å². The van der Waals surface area contributed by atoms with E-state index in [2.05, 4.69) is 17.4 Å². The molecule has 0 bridgehead atoms. The number of hydrogen-bond donors (Lipinski definition) is 1. The molecule has 1 aliphatic heterocycles. The second-order valence-electron chi connectivity index (χ2n) is 5.74. The van der Waals surface area contributed by atoms with Gasteiger partial charge in [0.2, 0.25) is 0 Å². The molecule has 2 fully saturated rings. The third-order valence-electron chi connectivity index (χ3n) is 4.68. The maximum atomic E-state index is 5.37. The minimum absolute atomic E-state index is 0.448. The van der Waals surface area contributed by atoms with Crippen molar-refractivity contribution in [3.8, 4) is 11.5 Å². The summed E-state index contributed by atoms with van der Waals surface area (Å²) in [6.45, 7) is 0. The predicted molar refractivity (Wildman–Crippen MR) is 75.8 cm³/mol. The maximum absolute atomic E-state index is 5.37. The van der Waals surface area contributed by atoms with E-state index in [9.17, 15) is 0 Å².